The molecule has 0 spiro atoms. The van der Waals surface area contributed by atoms with Crippen molar-refractivity contribution in [3.63, 3.8) is 0 Å². The van der Waals surface area contributed by atoms with E-state index in [2.05, 4.69) is 4.74 Å². The predicted octanol–water partition coefficient (Wildman–Crippen LogP) is 0.797. The van der Waals surface area contributed by atoms with Crippen molar-refractivity contribution in [2.24, 2.45) is 5.92 Å². The van der Waals surface area contributed by atoms with E-state index in [0.717, 1.165) is 24.3 Å². The summed E-state index contributed by atoms with van der Waals surface area (Å²) in [6.45, 7) is -0.379. The van der Waals surface area contributed by atoms with Crippen LogP contribution in [0.25, 0.3) is 0 Å². The Morgan fingerprint density at radius 3 is 2.38 bits per heavy atom. The number of carboxylic acid groups (broad SMARTS) is 1. The molecule has 0 radical (unpaired) electrons. The second-order valence-corrected chi connectivity index (χ2v) is 7.27. The van der Waals surface area contributed by atoms with Crippen molar-refractivity contribution in [1.82, 2.24) is 9.62 Å². The monoisotopic (exact) mass is 396 g/mol. The Kier molecular flexibility index (Phi) is 5.76. The van der Waals surface area contributed by atoms with E-state index >= 15 is 0 Å². The number of hydrogen-bond acceptors (Lipinski definition) is 5. The SMILES string of the molecule is O=C(O)C1CCN(C(=O)CNS(=O)(=O)c2ccc(OC(F)(F)F)cc2)C1. The third kappa shape index (κ3) is 5.33. The highest BCUT2D eigenvalue weighted by Gasteiger charge is 2.32. The first-order valence-electron chi connectivity index (χ1n) is 7.34. The second-order valence-electron chi connectivity index (χ2n) is 5.51. The molecule has 12 heteroatoms. The molecule has 1 atom stereocenters. The molecule has 1 aromatic carbocycles. The third-order valence-electron chi connectivity index (χ3n) is 3.67. The molecule has 2 rings (SSSR count). The number of aliphatic carboxylic acids is 1. The van der Waals surface area contributed by atoms with Crippen molar-refractivity contribution < 1.29 is 41.0 Å². The van der Waals surface area contributed by atoms with Crippen LogP contribution in [0.5, 0.6) is 5.75 Å². The lowest BCUT2D eigenvalue weighted by atomic mass is 10.1. The molecule has 1 unspecified atom stereocenters. The van der Waals surface area contributed by atoms with Crippen molar-refractivity contribution in [2.45, 2.75) is 17.7 Å². The number of amides is 1. The molecule has 144 valence electrons. The summed E-state index contributed by atoms with van der Waals surface area (Å²) < 4.78 is 66.1. The number of benzene rings is 1. The van der Waals surface area contributed by atoms with Gasteiger partial charge in [-0.15, -0.1) is 13.2 Å². The first-order chi connectivity index (χ1) is 12.0. The number of carbonyl (C=O) groups excluding carboxylic acids is 1. The molecular formula is C14H15F3N2O6S. The molecule has 1 aromatic rings. The normalized spacial score (nSPS) is 18.0. The fourth-order valence-corrected chi connectivity index (χ4v) is 3.34. The maximum absolute atomic E-state index is 12.1. The highest BCUT2D eigenvalue weighted by atomic mass is 32.2. The molecule has 1 heterocycles. The number of nitrogens with zero attached hydrogens (tertiary/aromatic N) is 1. The van der Waals surface area contributed by atoms with Crippen LogP contribution in [-0.4, -0.2) is 56.3 Å². The van der Waals surface area contributed by atoms with E-state index in [-0.39, 0.29) is 24.4 Å². The molecule has 0 aromatic heterocycles. The van der Waals surface area contributed by atoms with E-state index < -0.39 is 46.5 Å². The zero-order valence-corrected chi connectivity index (χ0v) is 14.0. The molecule has 1 amide bonds. The number of likely N-dealkylation sites (tertiary alicyclic amines) is 1. The number of sulfonamides is 1. The molecule has 1 aliphatic heterocycles. The lowest BCUT2D eigenvalue weighted by Crippen LogP contribution is -2.39. The highest BCUT2D eigenvalue weighted by Crippen LogP contribution is 2.24. The number of hydrogen-bond donors (Lipinski definition) is 2. The molecule has 0 bridgehead atoms. The van der Waals surface area contributed by atoms with Crippen LogP contribution in [0.4, 0.5) is 13.2 Å². The maximum Gasteiger partial charge on any atom is 0.573 e. The summed E-state index contributed by atoms with van der Waals surface area (Å²) in [6, 6.07) is 3.48. The summed E-state index contributed by atoms with van der Waals surface area (Å²) in [7, 11) is -4.13. The first kappa shape index (κ1) is 20.0. The number of ether oxygens (including phenoxy) is 1. The van der Waals surface area contributed by atoms with E-state index in [1.165, 1.54) is 4.90 Å². The van der Waals surface area contributed by atoms with Gasteiger partial charge in [-0.05, 0) is 30.7 Å². The van der Waals surface area contributed by atoms with Crippen LogP contribution in [0.1, 0.15) is 6.42 Å². The first-order valence-corrected chi connectivity index (χ1v) is 8.82. The number of halogens is 3. The van der Waals surface area contributed by atoms with E-state index in [9.17, 15) is 31.2 Å². The fourth-order valence-electron chi connectivity index (χ4n) is 2.36. The van der Waals surface area contributed by atoms with Crippen molar-refractivity contribution in [3.05, 3.63) is 24.3 Å². The number of rotatable bonds is 6. The van der Waals surface area contributed by atoms with Gasteiger partial charge in [-0.1, -0.05) is 0 Å². The quantitative estimate of drug-likeness (QED) is 0.735. The molecule has 2 N–H and O–H groups in total. The smallest absolute Gasteiger partial charge is 0.481 e. The Labute approximate surface area is 146 Å². The molecule has 26 heavy (non-hydrogen) atoms. The van der Waals surface area contributed by atoms with Crippen LogP contribution in [-0.2, 0) is 19.6 Å². The van der Waals surface area contributed by atoms with E-state index in [1.54, 1.807) is 0 Å². The second kappa shape index (κ2) is 7.50. The van der Waals surface area contributed by atoms with Crippen LogP contribution < -0.4 is 9.46 Å². The zero-order chi connectivity index (χ0) is 19.5. The average molecular weight is 396 g/mol. The summed E-state index contributed by atoms with van der Waals surface area (Å²) in [4.78, 5) is 23.7. The lowest BCUT2D eigenvalue weighted by Gasteiger charge is -2.16. The molecule has 0 saturated carbocycles. The Morgan fingerprint density at radius 2 is 1.88 bits per heavy atom. The molecule has 1 aliphatic rings. The fraction of sp³-hybridized carbons (Fsp3) is 0.429. The van der Waals surface area contributed by atoms with Crippen LogP contribution in [0.15, 0.2) is 29.2 Å². The minimum Gasteiger partial charge on any atom is -0.481 e. The van der Waals surface area contributed by atoms with Gasteiger partial charge >= 0.3 is 12.3 Å². The largest absolute Gasteiger partial charge is 0.573 e. The Balaban J connectivity index is 1.94. The molecule has 1 saturated heterocycles. The van der Waals surface area contributed by atoms with Gasteiger partial charge < -0.3 is 14.7 Å². The number of nitrogens with one attached hydrogen (secondary N) is 1. The van der Waals surface area contributed by atoms with Gasteiger partial charge in [0.25, 0.3) is 0 Å². The maximum atomic E-state index is 12.1. The van der Waals surface area contributed by atoms with Crippen LogP contribution in [0.2, 0.25) is 0 Å². The number of carbonyl (C=O) groups is 2. The third-order valence-corrected chi connectivity index (χ3v) is 5.09. The summed E-state index contributed by atoms with van der Waals surface area (Å²) in [5.41, 5.74) is 0. The van der Waals surface area contributed by atoms with Crippen molar-refractivity contribution in [1.29, 1.82) is 0 Å². The van der Waals surface area contributed by atoms with Crippen molar-refractivity contribution in [2.75, 3.05) is 19.6 Å². The summed E-state index contributed by atoms with van der Waals surface area (Å²) in [5, 5.41) is 8.88. The van der Waals surface area contributed by atoms with Crippen LogP contribution >= 0.6 is 0 Å². The minimum absolute atomic E-state index is 0.000623. The Hall–Kier alpha value is -2.34. The highest BCUT2D eigenvalue weighted by molar-refractivity contribution is 7.89. The molecule has 1 fully saturated rings. The van der Waals surface area contributed by atoms with E-state index in [1.807, 2.05) is 4.72 Å². The van der Waals surface area contributed by atoms with Crippen molar-refractivity contribution >= 4 is 21.9 Å². The van der Waals surface area contributed by atoms with Gasteiger partial charge in [0, 0.05) is 13.1 Å². The van der Waals surface area contributed by atoms with Gasteiger partial charge in [0.15, 0.2) is 0 Å². The van der Waals surface area contributed by atoms with Gasteiger partial charge in [-0.3, -0.25) is 9.59 Å². The summed E-state index contributed by atoms with van der Waals surface area (Å²) in [5.74, 6) is -2.88. The lowest BCUT2D eigenvalue weighted by molar-refractivity contribution is -0.274. The number of alkyl halides is 3. The van der Waals surface area contributed by atoms with Crippen LogP contribution in [0.3, 0.4) is 0 Å². The van der Waals surface area contributed by atoms with Gasteiger partial charge in [0.05, 0.1) is 17.4 Å². The minimum atomic E-state index is -4.89. The zero-order valence-electron chi connectivity index (χ0n) is 13.2. The Bertz CT molecular complexity index is 779. The van der Waals surface area contributed by atoms with Gasteiger partial charge in [0.1, 0.15) is 5.75 Å². The van der Waals surface area contributed by atoms with E-state index in [0.29, 0.717) is 0 Å². The summed E-state index contributed by atoms with van der Waals surface area (Å²) >= 11 is 0. The van der Waals surface area contributed by atoms with E-state index in [4.69, 9.17) is 5.11 Å². The summed E-state index contributed by atoms with van der Waals surface area (Å²) in [6.07, 6.45) is -4.61. The van der Waals surface area contributed by atoms with Gasteiger partial charge in [-0.25, -0.2) is 13.1 Å². The standard InChI is InChI=1S/C14H15F3N2O6S/c15-14(16,17)25-10-1-3-11(4-2-10)26(23,24)18-7-12(20)19-6-5-9(8-19)13(21)22/h1-4,9,18H,5-8H2,(H,21,22). The van der Waals surface area contributed by atoms with Gasteiger partial charge in [0.2, 0.25) is 15.9 Å². The topological polar surface area (TPSA) is 113 Å². The average Bonchev–Trinajstić information content (AvgIpc) is 3.02. The Morgan fingerprint density at radius 1 is 1.27 bits per heavy atom. The van der Waals surface area contributed by atoms with Crippen molar-refractivity contribution in [3.8, 4) is 5.75 Å². The predicted molar refractivity (Wildman–Crippen MR) is 80.6 cm³/mol. The number of carboxylic acids is 1. The molecular weight excluding hydrogens is 381 g/mol. The molecule has 0 aliphatic carbocycles. The molecule has 8 nitrogen and oxygen atoms in total. The van der Waals surface area contributed by atoms with Crippen LogP contribution in [0, 0.1) is 5.92 Å². The van der Waals surface area contributed by atoms with Gasteiger partial charge in [-0.2, -0.15) is 0 Å².